The third-order valence-corrected chi connectivity index (χ3v) is 5.63. The molecule has 0 unspecified atom stereocenters. The van der Waals surface area contributed by atoms with Gasteiger partial charge >= 0.3 is 16.5 Å². The Kier molecular flexibility index (Phi) is 4.70. The minimum Gasteiger partial charge on any atom is -0.457 e. The lowest BCUT2D eigenvalue weighted by molar-refractivity contribution is 1.28. The van der Waals surface area contributed by atoms with Crippen molar-refractivity contribution in [2.75, 3.05) is 4.90 Å². The fourth-order valence-corrected chi connectivity index (χ4v) is 4.29. The number of rotatable bonds is 4. The molecule has 0 aliphatic carbocycles. The molecule has 0 saturated carbocycles. The summed E-state index contributed by atoms with van der Waals surface area (Å²) < 4.78 is 2.12. The van der Waals surface area contributed by atoms with E-state index in [0.29, 0.717) is 0 Å². The molecule has 0 saturated heterocycles. The minimum absolute atomic E-state index is 1.14. The highest BCUT2D eigenvalue weighted by Gasteiger charge is 2.17. The van der Waals surface area contributed by atoms with Crippen LogP contribution < -0.4 is 4.90 Å². The Balaban J connectivity index is 1.78. The van der Waals surface area contributed by atoms with E-state index < -0.39 is 0 Å². The fourth-order valence-electron chi connectivity index (χ4n) is 3.91. The lowest BCUT2D eigenvalue weighted by Gasteiger charge is -2.28. The molecular formula is C26H19AlN2. The fraction of sp³-hybridized carbons (Fsp3) is 0. The summed E-state index contributed by atoms with van der Waals surface area (Å²) in [6.07, 6.45) is 2.09. The van der Waals surface area contributed by atoms with E-state index in [9.17, 15) is 0 Å². The maximum Gasteiger partial charge on any atom is 0.317 e. The molecule has 5 aromatic rings. The zero-order valence-corrected chi connectivity index (χ0v) is 17.1. The summed E-state index contributed by atoms with van der Waals surface area (Å²) in [5.41, 5.74) is 7.07. The largest absolute Gasteiger partial charge is 0.457 e. The topological polar surface area (TPSA) is 8.17 Å². The number of hydrogen-bond donors (Lipinski definition) is 0. The van der Waals surface area contributed by atoms with E-state index in [0.717, 1.165) is 17.1 Å². The Bertz CT molecular complexity index is 1220. The third-order valence-electron chi connectivity index (χ3n) is 5.20. The van der Waals surface area contributed by atoms with Crippen molar-refractivity contribution in [2.45, 2.75) is 0 Å². The summed E-state index contributed by atoms with van der Waals surface area (Å²) in [7, 11) is 0. The van der Waals surface area contributed by atoms with Crippen LogP contribution in [0.1, 0.15) is 0 Å². The van der Waals surface area contributed by atoms with E-state index in [1.54, 1.807) is 0 Å². The Hall–Kier alpha value is -3.25. The Morgan fingerprint density at radius 2 is 1.14 bits per heavy atom. The molecule has 2 nitrogen and oxygen atoms in total. The molecule has 3 heteroatoms. The van der Waals surface area contributed by atoms with E-state index >= 15 is 0 Å². The molecule has 2 radical (unpaired) electrons. The summed E-state index contributed by atoms with van der Waals surface area (Å²) in [6.45, 7) is 0. The van der Waals surface area contributed by atoms with Gasteiger partial charge < -0.3 is 8.45 Å². The standard InChI is InChI=1S/C26H19N2.Al/c1-3-11-21(12-4-1)28(22-13-5-2-6-14-22)25-17-8-7-15-23(25)24-16-9-10-20-18-19-27-26(20)24;/h1-19H;/q-1;+1. The average Bonchev–Trinajstić information content (AvgIpc) is 3.17. The number of hydrogen-bond acceptors (Lipinski definition) is 1. The van der Waals surface area contributed by atoms with Gasteiger partial charge in [-0.05, 0) is 48.0 Å². The predicted octanol–water partition coefficient (Wildman–Crippen LogP) is 6.71. The zero-order chi connectivity index (χ0) is 19.6. The second-order valence-electron chi connectivity index (χ2n) is 6.99. The van der Waals surface area contributed by atoms with E-state index in [1.807, 2.05) is 0 Å². The first-order chi connectivity index (χ1) is 14.3. The van der Waals surface area contributed by atoms with Crippen LogP contribution >= 0.6 is 0 Å². The van der Waals surface area contributed by atoms with Crippen molar-refractivity contribution in [1.29, 1.82) is 0 Å². The minimum atomic E-state index is 1.14. The molecule has 136 valence electrons. The molecule has 1 aromatic heterocycles. The molecule has 0 aliphatic rings. The molecule has 29 heavy (non-hydrogen) atoms. The molecule has 0 spiro atoms. The average molecular weight is 386 g/mol. The van der Waals surface area contributed by atoms with Crippen molar-refractivity contribution < 1.29 is 0 Å². The molecule has 0 atom stereocenters. The van der Waals surface area contributed by atoms with Gasteiger partial charge in [0.2, 0.25) is 0 Å². The maximum absolute atomic E-state index is 2.80. The quantitative estimate of drug-likeness (QED) is 0.312. The summed E-state index contributed by atoms with van der Waals surface area (Å²) in [4.78, 5) is 2.32. The van der Waals surface area contributed by atoms with E-state index in [4.69, 9.17) is 0 Å². The number of para-hydroxylation sites is 4. The van der Waals surface area contributed by atoms with E-state index in [-0.39, 0.29) is 0 Å². The Morgan fingerprint density at radius 1 is 0.552 bits per heavy atom. The van der Waals surface area contributed by atoms with Gasteiger partial charge in [-0.2, -0.15) is 0 Å². The van der Waals surface area contributed by atoms with Crippen LogP contribution in [0.3, 0.4) is 0 Å². The van der Waals surface area contributed by atoms with Gasteiger partial charge in [-0.15, -0.1) is 0 Å². The number of fused-ring (bicyclic) bond motifs is 1. The number of aromatic nitrogens is 1. The van der Waals surface area contributed by atoms with Crippen LogP contribution in [0.25, 0.3) is 22.0 Å². The second-order valence-corrected chi connectivity index (χ2v) is 7.55. The molecule has 1 heterocycles. The molecule has 4 aromatic carbocycles. The lowest BCUT2D eigenvalue weighted by Crippen LogP contribution is -2.11. The van der Waals surface area contributed by atoms with Crippen molar-refractivity contribution in [1.82, 2.24) is 3.55 Å². The van der Waals surface area contributed by atoms with Gasteiger partial charge in [-0.1, -0.05) is 72.8 Å². The lowest BCUT2D eigenvalue weighted by atomic mass is 9.99. The summed E-state index contributed by atoms with van der Waals surface area (Å²) in [6, 6.07) is 38.4. The molecule has 5 rings (SSSR count). The van der Waals surface area contributed by atoms with Crippen LogP contribution in [-0.2, 0) is 0 Å². The van der Waals surface area contributed by atoms with Gasteiger partial charge in [0.15, 0.2) is 0 Å². The van der Waals surface area contributed by atoms with Crippen molar-refractivity contribution in [2.24, 2.45) is 0 Å². The van der Waals surface area contributed by atoms with E-state index in [2.05, 4.69) is 140 Å². The van der Waals surface area contributed by atoms with E-state index in [1.165, 1.54) is 22.0 Å². The zero-order valence-electron chi connectivity index (χ0n) is 15.9. The van der Waals surface area contributed by atoms with Crippen LogP contribution in [0.2, 0.25) is 0 Å². The van der Waals surface area contributed by atoms with Crippen LogP contribution in [0.4, 0.5) is 17.1 Å². The highest BCUT2D eigenvalue weighted by Crippen LogP contribution is 2.42. The van der Waals surface area contributed by atoms with Crippen molar-refractivity contribution in [3.8, 4) is 11.1 Å². The molecule has 0 amide bonds. The van der Waals surface area contributed by atoms with Crippen LogP contribution in [0.15, 0.2) is 115 Å². The monoisotopic (exact) mass is 386 g/mol. The smallest absolute Gasteiger partial charge is 0.317 e. The normalized spacial score (nSPS) is 10.9. The highest BCUT2D eigenvalue weighted by molar-refractivity contribution is 6.14. The molecule has 0 N–H and O–H groups in total. The first-order valence-corrected chi connectivity index (χ1v) is 10.2. The Morgan fingerprint density at radius 3 is 1.83 bits per heavy atom. The molecule has 0 fully saturated rings. The summed E-state index contributed by atoms with van der Waals surface area (Å²) in [5, 5.41) is 1.23. The van der Waals surface area contributed by atoms with Gasteiger partial charge in [-0.3, -0.25) is 0 Å². The Labute approximate surface area is 179 Å². The number of anilines is 3. The first kappa shape index (κ1) is 17.8. The molecular weight excluding hydrogens is 367 g/mol. The van der Waals surface area contributed by atoms with Crippen molar-refractivity contribution in [3.05, 3.63) is 115 Å². The van der Waals surface area contributed by atoms with Gasteiger partial charge in [0.05, 0.1) is 5.69 Å². The van der Waals surface area contributed by atoms with Crippen molar-refractivity contribution in [3.63, 3.8) is 0 Å². The second kappa shape index (κ2) is 7.64. The van der Waals surface area contributed by atoms with Gasteiger partial charge in [0.1, 0.15) is 0 Å². The van der Waals surface area contributed by atoms with Gasteiger partial charge in [-0.25, -0.2) is 0 Å². The van der Waals surface area contributed by atoms with Gasteiger partial charge in [0.25, 0.3) is 0 Å². The first-order valence-electron chi connectivity index (χ1n) is 9.68. The predicted molar refractivity (Wildman–Crippen MR) is 123 cm³/mol. The number of benzene rings is 4. The van der Waals surface area contributed by atoms with Gasteiger partial charge in [0, 0.05) is 28.0 Å². The third kappa shape index (κ3) is 3.25. The van der Waals surface area contributed by atoms with Crippen molar-refractivity contribution >= 4 is 44.5 Å². The summed E-state index contributed by atoms with van der Waals surface area (Å²) >= 11 is 2.80. The molecule has 0 bridgehead atoms. The highest BCUT2D eigenvalue weighted by atomic mass is 27.1. The van der Waals surface area contributed by atoms with Crippen LogP contribution in [0.5, 0.6) is 0 Å². The molecule has 0 aliphatic heterocycles. The van der Waals surface area contributed by atoms with Crippen LogP contribution in [0, 0.1) is 0 Å². The SMILES string of the molecule is [Al][n]1ccc2cccc(-c3ccccc3N(c3ccccc3)c3ccccc3)c21. The summed E-state index contributed by atoms with van der Waals surface area (Å²) in [5.74, 6) is 0. The van der Waals surface area contributed by atoms with Crippen LogP contribution in [-0.4, -0.2) is 20.1 Å². The maximum atomic E-state index is 2.80. The number of nitrogens with zero attached hydrogens (tertiary/aromatic N) is 2.